The second kappa shape index (κ2) is 3.44. The van der Waals surface area contributed by atoms with Gasteiger partial charge in [-0.05, 0) is 13.0 Å². The summed E-state index contributed by atoms with van der Waals surface area (Å²) in [5, 5.41) is 13.6. The van der Waals surface area contributed by atoms with Crippen LogP contribution in [0.5, 0.6) is 0 Å². The molecule has 1 unspecified atom stereocenters. The number of hydrogen-bond acceptors (Lipinski definition) is 4. The van der Waals surface area contributed by atoms with Crippen molar-refractivity contribution in [1.82, 2.24) is 0 Å². The molecular weight excluding hydrogens is 208 g/mol. The van der Waals surface area contributed by atoms with Crippen molar-refractivity contribution in [3.05, 3.63) is 40.0 Å². The molecule has 16 heavy (non-hydrogen) atoms. The Kier molecular flexibility index (Phi) is 2.23. The molecule has 82 valence electrons. The predicted molar refractivity (Wildman–Crippen MR) is 60.2 cm³/mol. The van der Waals surface area contributed by atoms with Gasteiger partial charge in [0.1, 0.15) is 11.8 Å². The molecule has 0 saturated heterocycles. The molecule has 0 spiro atoms. The summed E-state index contributed by atoms with van der Waals surface area (Å²) in [4.78, 5) is 21.0. The van der Waals surface area contributed by atoms with Crippen LogP contribution in [0.1, 0.15) is 12.5 Å². The lowest BCUT2D eigenvalue weighted by atomic mass is 9.96. The molecule has 2 rings (SSSR count). The zero-order valence-corrected chi connectivity index (χ0v) is 8.64. The quantitative estimate of drug-likeness (QED) is 0.468. The van der Waals surface area contributed by atoms with E-state index in [1.165, 1.54) is 12.1 Å². The molecule has 0 fully saturated rings. The Balaban J connectivity index is 2.44. The predicted octanol–water partition coefficient (Wildman–Crippen LogP) is 1.99. The van der Waals surface area contributed by atoms with Crippen LogP contribution in [0, 0.1) is 10.1 Å². The van der Waals surface area contributed by atoms with E-state index in [0.717, 1.165) is 12.0 Å². The first-order valence-electron chi connectivity index (χ1n) is 4.76. The maximum atomic E-state index is 10.8. The highest BCUT2D eigenvalue weighted by molar-refractivity contribution is 5.83. The van der Waals surface area contributed by atoms with Gasteiger partial charge >= 0.3 is 0 Å². The van der Waals surface area contributed by atoms with Gasteiger partial charge in [0.2, 0.25) is 0 Å². The molecule has 1 aliphatic rings. The van der Waals surface area contributed by atoms with Crippen LogP contribution in [0.3, 0.4) is 0 Å². The molecule has 1 aromatic rings. The Labute approximate surface area is 91.9 Å². The van der Waals surface area contributed by atoms with Gasteiger partial charge in [-0.1, -0.05) is 12.2 Å². The summed E-state index contributed by atoms with van der Waals surface area (Å²) in [5.74, 6) is 0. The summed E-state index contributed by atoms with van der Waals surface area (Å²) < 4.78 is 0. The van der Waals surface area contributed by atoms with Gasteiger partial charge in [-0.15, -0.1) is 0 Å². The number of non-ortho nitro benzene ring substituents is 1. The van der Waals surface area contributed by atoms with Crippen molar-refractivity contribution in [1.29, 1.82) is 0 Å². The van der Waals surface area contributed by atoms with E-state index in [4.69, 9.17) is 0 Å². The lowest BCUT2D eigenvalue weighted by molar-refractivity contribution is -0.384. The average molecular weight is 218 g/mol. The Morgan fingerprint density at radius 1 is 1.50 bits per heavy atom. The Hall–Kier alpha value is -2.17. The average Bonchev–Trinajstić information content (AvgIpc) is 2.28. The molecule has 0 aromatic heterocycles. The first kappa shape index (κ1) is 10.4. The minimum atomic E-state index is -0.733. The molecule has 1 heterocycles. The fourth-order valence-corrected chi connectivity index (χ4v) is 1.58. The van der Waals surface area contributed by atoms with Gasteiger partial charge in [0.15, 0.2) is 0 Å². The molecule has 0 amide bonds. The summed E-state index contributed by atoms with van der Waals surface area (Å²) in [6.07, 6.45) is 4.20. The number of nitrogens with one attached hydrogen (secondary N) is 1. The smallest absolute Gasteiger partial charge is 0.270 e. The number of nitrogens with zero attached hydrogens (tertiary/aromatic N) is 1. The largest absolute Gasteiger partial charge is 0.370 e. The molecular formula is C11H10N2O3. The molecule has 1 aromatic carbocycles. The minimum absolute atomic E-state index is 0.0416. The number of aldehydes is 1. The van der Waals surface area contributed by atoms with Gasteiger partial charge in [0.05, 0.1) is 4.92 Å². The highest BCUT2D eigenvalue weighted by Crippen LogP contribution is 2.30. The van der Waals surface area contributed by atoms with Gasteiger partial charge in [-0.25, -0.2) is 0 Å². The Bertz CT molecular complexity index is 496. The number of hydrogen-bond donors (Lipinski definition) is 1. The van der Waals surface area contributed by atoms with Crippen LogP contribution >= 0.6 is 0 Å². The molecule has 0 aliphatic carbocycles. The monoisotopic (exact) mass is 218 g/mol. The van der Waals surface area contributed by atoms with Gasteiger partial charge < -0.3 is 10.1 Å². The van der Waals surface area contributed by atoms with Crippen molar-refractivity contribution in [2.75, 3.05) is 5.32 Å². The summed E-state index contributed by atoms with van der Waals surface area (Å²) in [7, 11) is 0. The molecule has 0 bridgehead atoms. The van der Waals surface area contributed by atoms with Gasteiger partial charge in [-0.3, -0.25) is 10.1 Å². The van der Waals surface area contributed by atoms with Crippen molar-refractivity contribution < 1.29 is 9.72 Å². The van der Waals surface area contributed by atoms with E-state index in [2.05, 4.69) is 5.32 Å². The van der Waals surface area contributed by atoms with Crippen LogP contribution < -0.4 is 5.32 Å². The lowest BCUT2D eigenvalue weighted by Gasteiger charge is -2.27. The minimum Gasteiger partial charge on any atom is -0.370 e. The van der Waals surface area contributed by atoms with E-state index < -0.39 is 10.5 Å². The van der Waals surface area contributed by atoms with Crippen molar-refractivity contribution in [3.63, 3.8) is 0 Å². The Morgan fingerprint density at radius 3 is 2.88 bits per heavy atom. The Morgan fingerprint density at radius 2 is 2.25 bits per heavy atom. The first-order chi connectivity index (χ1) is 7.54. The highest BCUT2D eigenvalue weighted by Gasteiger charge is 2.24. The normalized spacial score (nSPS) is 22.1. The maximum absolute atomic E-state index is 10.8. The number of carbonyl (C=O) groups is 1. The third kappa shape index (κ3) is 1.67. The van der Waals surface area contributed by atoms with Crippen LogP contribution in [0.15, 0.2) is 24.3 Å². The van der Waals surface area contributed by atoms with E-state index in [9.17, 15) is 14.9 Å². The van der Waals surface area contributed by atoms with Gasteiger partial charge in [0, 0.05) is 23.4 Å². The van der Waals surface area contributed by atoms with E-state index in [1.54, 1.807) is 25.1 Å². The van der Waals surface area contributed by atoms with Crippen LogP contribution in [0.2, 0.25) is 0 Å². The molecule has 1 atom stereocenters. The summed E-state index contributed by atoms with van der Waals surface area (Å²) in [6, 6.07) is 4.50. The van der Waals surface area contributed by atoms with Crippen molar-refractivity contribution in [2.45, 2.75) is 12.5 Å². The number of rotatable bonds is 2. The molecule has 5 nitrogen and oxygen atoms in total. The molecule has 5 heteroatoms. The summed E-state index contributed by atoms with van der Waals surface area (Å²) in [6.45, 7) is 1.74. The first-order valence-corrected chi connectivity index (χ1v) is 4.76. The zero-order chi connectivity index (χ0) is 11.8. The maximum Gasteiger partial charge on any atom is 0.270 e. The van der Waals surface area contributed by atoms with Crippen LogP contribution in [0.25, 0.3) is 6.08 Å². The van der Waals surface area contributed by atoms with Gasteiger partial charge in [0.25, 0.3) is 5.69 Å². The van der Waals surface area contributed by atoms with Crippen molar-refractivity contribution in [3.8, 4) is 0 Å². The number of nitro groups is 1. The summed E-state index contributed by atoms with van der Waals surface area (Å²) >= 11 is 0. The number of nitro benzene ring substituents is 1. The van der Waals surface area contributed by atoms with Crippen molar-refractivity contribution >= 4 is 23.7 Å². The third-order valence-electron chi connectivity index (χ3n) is 2.50. The summed E-state index contributed by atoms with van der Waals surface area (Å²) in [5.41, 5.74) is 0.750. The molecule has 0 radical (unpaired) electrons. The third-order valence-corrected chi connectivity index (χ3v) is 2.50. The second-order valence-electron chi connectivity index (χ2n) is 3.89. The SMILES string of the molecule is CC1(C=O)C=Cc2cc([N+](=O)[O-])ccc2N1. The number of carbonyl (C=O) groups excluding carboxylic acids is 1. The topological polar surface area (TPSA) is 72.2 Å². The zero-order valence-electron chi connectivity index (χ0n) is 8.64. The second-order valence-corrected chi connectivity index (χ2v) is 3.89. The fourth-order valence-electron chi connectivity index (χ4n) is 1.58. The van der Waals surface area contributed by atoms with E-state index >= 15 is 0 Å². The van der Waals surface area contributed by atoms with Crippen LogP contribution in [-0.2, 0) is 4.79 Å². The fraction of sp³-hybridized carbons (Fsp3) is 0.182. The van der Waals surface area contributed by atoms with E-state index in [1.807, 2.05) is 0 Å². The van der Waals surface area contributed by atoms with Crippen LogP contribution in [-0.4, -0.2) is 16.7 Å². The number of fused-ring (bicyclic) bond motifs is 1. The van der Waals surface area contributed by atoms with Gasteiger partial charge in [-0.2, -0.15) is 0 Å². The number of anilines is 1. The standard InChI is InChI=1S/C11H10N2O3/c1-11(7-14)5-4-8-6-9(13(15)16)2-3-10(8)12-11/h2-7,12H,1H3. The lowest BCUT2D eigenvalue weighted by Crippen LogP contribution is -2.35. The number of benzene rings is 1. The van der Waals surface area contributed by atoms with Crippen LogP contribution in [0.4, 0.5) is 11.4 Å². The highest BCUT2D eigenvalue weighted by atomic mass is 16.6. The van der Waals surface area contributed by atoms with E-state index in [-0.39, 0.29) is 5.69 Å². The molecule has 1 N–H and O–H groups in total. The molecule has 0 saturated carbocycles. The molecule has 1 aliphatic heterocycles. The van der Waals surface area contributed by atoms with E-state index in [0.29, 0.717) is 5.56 Å². The van der Waals surface area contributed by atoms with Crippen molar-refractivity contribution in [2.24, 2.45) is 0 Å².